The van der Waals surface area contributed by atoms with Gasteiger partial charge in [-0.15, -0.1) is 10.2 Å². The first-order valence-electron chi connectivity index (χ1n) is 10.3. The molecule has 2 saturated heterocycles. The summed E-state index contributed by atoms with van der Waals surface area (Å²) in [7, 11) is -3.57. The lowest BCUT2D eigenvalue weighted by atomic mass is 10.0. The Morgan fingerprint density at radius 3 is 2.20 bits per heavy atom. The zero-order chi connectivity index (χ0) is 21.1. The number of nitriles is 1. The minimum absolute atomic E-state index is 0.217. The van der Waals surface area contributed by atoms with Crippen molar-refractivity contribution in [3.63, 3.8) is 0 Å². The molecule has 4 rings (SSSR count). The standard InChI is InChI=1S/C21H26N6O2S/c1-17-4-2-3-11-27(17)21-10-9-20(23-24-21)25-12-14-26(15-13-25)30(28,29)19-7-5-18(16-22)6-8-19/h5-10,17H,2-4,11-15H2,1H3. The monoisotopic (exact) mass is 426 g/mol. The number of anilines is 2. The fourth-order valence-electron chi connectivity index (χ4n) is 4.09. The van der Waals surface area contributed by atoms with Crippen LogP contribution in [0.3, 0.4) is 0 Å². The van der Waals surface area contributed by atoms with E-state index in [1.807, 2.05) is 18.2 Å². The smallest absolute Gasteiger partial charge is 0.243 e. The molecular weight excluding hydrogens is 400 g/mol. The number of hydrogen-bond acceptors (Lipinski definition) is 7. The Balaban J connectivity index is 1.40. The summed E-state index contributed by atoms with van der Waals surface area (Å²) < 4.78 is 27.2. The van der Waals surface area contributed by atoms with Gasteiger partial charge in [-0.2, -0.15) is 9.57 Å². The van der Waals surface area contributed by atoms with Crippen molar-refractivity contribution in [2.45, 2.75) is 37.1 Å². The highest BCUT2D eigenvalue weighted by Crippen LogP contribution is 2.24. The molecule has 2 aliphatic heterocycles. The van der Waals surface area contributed by atoms with Gasteiger partial charge in [0.25, 0.3) is 0 Å². The number of benzene rings is 1. The van der Waals surface area contributed by atoms with E-state index in [-0.39, 0.29) is 4.90 Å². The summed E-state index contributed by atoms with van der Waals surface area (Å²) in [4.78, 5) is 4.60. The van der Waals surface area contributed by atoms with E-state index in [1.165, 1.54) is 47.8 Å². The van der Waals surface area contributed by atoms with E-state index in [0.717, 1.165) is 18.2 Å². The molecule has 0 saturated carbocycles. The van der Waals surface area contributed by atoms with Crippen molar-refractivity contribution < 1.29 is 8.42 Å². The van der Waals surface area contributed by atoms with E-state index in [2.05, 4.69) is 26.9 Å². The first kappa shape index (κ1) is 20.6. The number of piperazine rings is 1. The summed E-state index contributed by atoms with van der Waals surface area (Å²) in [6.07, 6.45) is 3.63. The molecule has 1 aromatic heterocycles. The number of aromatic nitrogens is 2. The number of hydrogen-bond donors (Lipinski definition) is 0. The Hall–Kier alpha value is -2.70. The van der Waals surface area contributed by atoms with Gasteiger partial charge in [0.15, 0.2) is 11.6 Å². The topological polar surface area (TPSA) is 93.4 Å². The number of rotatable bonds is 4. The van der Waals surface area contributed by atoms with Crippen LogP contribution >= 0.6 is 0 Å². The number of sulfonamides is 1. The Labute approximate surface area is 177 Å². The summed E-state index contributed by atoms with van der Waals surface area (Å²) >= 11 is 0. The van der Waals surface area contributed by atoms with Crippen molar-refractivity contribution in [3.8, 4) is 6.07 Å². The molecule has 1 aromatic carbocycles. The second kappa shape index (κ2) is 8.58. The van der Waals surface area contributed by atoms with Gasteiger partial charge in [0, 0.05) is 38.8 Å². The first-order chi connectivity index (χ1) is 14.5. The first-order valence-corrected chi connectivity index (χ1v) is 11.8. The summed E-state index contributed by atoms with van der Waals surface area (Å²) in [6, 6.07) is 12.5. The third-order valence-electron chi connectivity index (χ3n) is 5.92. The lowest BCUT2D eigenvalue weighted by Crippen LogP contribution is -2.49. The quantitative estimate of drug-likeness (QED) is 0.740. The SMILES string of the molecule is CC1CCCCN1c1ccc(N2CCN(S(=O)(=O)c3ccc(C#N)cc3)CC2)nn1. The van der Waals surface area contributed by atoms with E-state index >= 15 is 0 Å². The molecular formula is C21H26N6O2S. The molecule has 0 bridgehead atoms. The molecule has 2 aliphatic rings. The highest BCUT2D eigenvalue weighted by molar-refractivity contribution is 7.89. The molecule has 0 spiro atoms. The molecule has 1 atom stereocenters. The summed E-state index contributed by atoms with van der Waals surface area (Å²) in [6.45, 7) is 5.13. The van der Waals surface area contributed by atoms with Crippen LogP contribution in [0.25, 0.3) is 0 Å². The van der Waals surface area contributed by atoms with E-state index in [9.17, 15) is 8.42 Å². The summed E-state index contributed by atoms with van der Waals surface area (Å²) in [5.41, 5.74) is 0.444. The van der Waals surface area contributed by atoms with Crippen LogP contribution in [0.5, 0.6) is 0 Å². The van der Waals surface area contributed by atoms with Crippen molar-refractivity contribution in [2.75, 3.05) is 42.5 Å². The second-order valence-electron chi connectivity index (χ2n) is 7.82. The Bertz CT molecular complexity index is 1010. The number of nitrogens with zero attached hydrogens (tertiary/aromatic N) is 6. The van der Waals surface area contributed by atoms with Gasteiger partial charge < -0.3 is 9.80 Å². The molecule has 2 fully saturated rings. The largest absolute Gasteiger partial charge is 0.352 e. The van der Waals surface area contributed by atoms with Gasteiger partial charge in [-0.3, -0.25) is 0 Å². The van der Waals surface area contributed by atoms with Gasteiger partial charge >= 0.3 is 0 Å². The lowest BCUT2D eigenvalue weighted by molar-refractivity contribution is 0.383. The predicted molar refractivity (Wildman–Crippen MR) is 115 cm³/mol. The molecule has 3 heterocycles. The second-order valence-corrected chi connectivity index (χ2v) is 9.75. The van der Waals surface area contributed by atoms with Gasteiger partial charge in [0.05, 0.1) is 16.5 Å². The van der Waals surface area contributed by atoms with E-state index < -0.39 is 10.0 Å². The maximum atomic E-state index is 12.9. The lowest BCUT2D eigenvalue weighted by Gasteiger charge is -2.35. The zero-order valence-corrected chi connectivity index (χ0v) is 17.9. The maximum Gasteiger partial charge on any atom is 0.243 e. The van der Waals surface area contributed by atoms with Crippen LogP contribution in [0.15, 0.2) is 41.3 Å². The summed E-state index contributed by atoms with van der Waals surface area (Å²) in [5, 5.41) is 17.7. The highest BCUT2D eigenvalue weighted by atomic mass is 32.2. The average Bonchev–Trinajstić information content (AvgIpc) is 2.80. The van der Waals surface area contributed by atoms with Gasteiger partial charge in [0.2, 0.25) is 10.0 Å². The van der Waals surface area contributed by atoms with Crippen LogP contribution in [0, 0.1) is 11.3 Å². The Kier molecular flexibility index (Phi) is 5.88. The molecule has 9 heteroatoms. The Morgan fingerprint density at radius 1 is 0.933 bits per heavy atom. The third-order valence-corrected chi connectivity index (χ3v) is 7.83. The van der Waals surface area contributed by atoms with Gasteiger partial charge in [0.1, 0.15) is 0 Å². The van der Waals surface area contributed by atoms with Crippen LogP contribution in [0.2, 0.25) is 0 Å². The molecule has 0 aliphatic carbocycles. The molecule has 0 radical (unpaired) electrons. The fraction of sp³-hybridized carbons (Fsp3) is 0.476. The molecule has 8 nitrogen and oxygen atoms in total. The maximum absolute atomic E-state index is 12.9. The fourth-order valence-corrected chi connectivity index (χ4v) is 5.51. The average molecular weight is 427 g/mol. The molecule has 30 heavy (non-hydrogen) atoms. The third kappa shape index (κ3) is 4.11. The van der Waals surface area contributed by atoms with Gasteiger partial charge in [-0.25, -0.2) is 8.42 Å². The summed E-state index contributed by atoms with van der Waals surface area (Å²) in [5.74, 6) is 1.69. The van der Waals surface area contributed by atoms with Crippen molar-refractivity contribution in [1.29, 1.82) is 5.26 Å². The van der Waals surface area contributed by atoms with Crippen molar-refractivity contribution in [3.05, 3.63) is 42.0 Å². The molecule has 158 valence electrons. The molecule has 1 unspecified atom stereocenters. The zero-order valence-electron chi connectivity index (χ0n) is 17.1. The highest BCUT2D eigenvalue weighted by Gasteiger charge is 2.29. The molecule has 0 amide bonds. The van der Waals surface area contributed by atoms with Crippen molar-refractivity contribution >= 4 is 21.7 Å². The van der Waals surface area contributed by atoms with Crippen molar-refractivity contribution in [1.82, 2.24) is 14.5 Å². The van der Waals surface area contributed by atoms with Gasteiger partial charge in [-0.05, 0) is 62.6 Å². The predicted octanol–water partition coefficient (Wildman–Crippen LogP) is 2.24. The van der Waals surface area contributed by atoms with Crippen LogP contribution in [0.1, 0.15) is 31.7 Å². The van der Waals surface area contributed by atoms with Crippen LogP contribution < -0.4 is 9.80 Å². The normalized spacial score (nSPS) is 20.7. The van der Waals surface area contributed by atoms with Crippen LogP contribution in [0.4, 0.5) is 11.6 Å². The molecule has 2 aromatic rings. The van der Waals surface area contributed by atoms with E-state index in [4.69, 9.17) is 5.26 Å². The van der Waals surface area contributed by atoms with Crippen LogP contribution in [-0.2, 0) is 10.0 Å². The minimum atomic E-state index is -3.57. The van der Waals surface area contributed by atoms with E-state index in [0.29, 0.717) is 37.8 Å². The minimum Gasteiger partial charge on any atom is -0.352 e. The van der Waals surface area contributed by atoms with E-state index in [1.54, 1.807) is 0 Å². The molecule has 0 N–H and O–H groups in total. The number of piperidine rings is 1. The van der Waals surface area contributed by atoms with Gasteiger partial charge in [-0.1, -0.05) is 0 Å². The Morgan fingerprint density at radius 2 is 1.60 bits per heavy atom. The van der Waals surface area contributed by atoms with Crippen molar-refractivity contribution in [2.24, 2.45) is 0 Å². The van der Waals surface area contributed by atoms with Crippen LogP contribution in [-0.4, -0.2) is 61.7 Å².